The van der Waals surface area contributed by atoms with Crippen LogP contribution >= 0.6 is 15.8 Å². The molecule has 38 heavy (non-hydrogen) atoms. The monoisotopic (exact) mass is 535 g/mol. The lowest BCUT2D eigenvalue weighted by Gasteiger charge is -2.29. The number of hydrogen-bond donors (Lipinski definition) is 0. The summed E-state index contributed by atoms with van der Waals surface area (Å²) in [5, 5.41) is 5.55. The van der Waals surface area contributed by atoms with Crippen LogP contribution in [0.2, 0.25) is 0 Å². The van der Waals surface area contributed by atoms with E-state index in [4.69, 9.17) is 0 Å². The molecular formula is C34H35NOP2. The lowest BCUT2D eigenvalue weighted by molar-refractivity contribution is -0.131. The van der Waals surface area contributed by atoms with Crippen LogP contribution in [-0.2, 0) is 4.79 Å². The van der Waals surface area contributed by atoms with E-state index in [1.807, 2.05) is 6.08 Å². The van der Waals surface area contributed by atoms with E-state index in [9.17, 15) is 4.79 Å². The first kappa shape index (κ1) is 26.6. The second-order valence-electron chi connectivity index (χ2n) is 9.74. The van der Waals surface area contributed by atoms with Crippen molar-refractivity contribution in [1.82, 2.24) is 4.90 Å². The highest BCUT2D eigenvalue weighted by atomic mass is 31.1. The Hall–Kier alpha value is -3.05. The molecule has 4 aromatic rings. The van der Waals surface area contributed by atoms with Gasteiger partial charge in [0.1, 0.15) is 0 Å². The maximum Gasteiger partial charge on any atom is 0.223 e. The Kier molecular flexibility index (Phi) is 9.19. The summed E-state index contributed by atoms with van der Waals surface area (Å²) in [6, 6.07) is 43.9. The van der Waals surface area contributed by atoms with Gasteiger partial charge in [-0.1, -0.05) is 127 Å². The normalized spacial score (nSPS) is 17.2. The van der Waals surface area contributed by atoms with Crippen molar-refractivity contribution >= 4 is 43.0 Å². The van der Waals surface area contributed by atoms with Gasteiger partial charge in [-0.25, -0.2) is 0 Å². The predicted octanol–water partition coefficient (Wildman–Crippen LogP) is 6.19. The van der Waals surface area contributed by atoms with E-state index in [1.165, 1.54) is 21.2 Å². The molecule has 1 aliphatic heterocycles. The van der Waals surface area contributed by atoms with Crippen LogP contribution in [0.15, 0.2) is 134 Å². The Bertz CT molecular complexity index is 1220. The zero-order valence-electron chi connectivity index (χ0n) is 21.8. The topological polar surface area (TPSA) is 20.3 Å². The van der Waals surface area contributed by atoms with Gasteiger partial charge < -0.3 is 4.90 Å². The maximum atomic E-state index is 13.6. The number of carbonyl (C=O) groups is 1. The molecule has 2 nitrogen and oxygen atoms in total. The smallest absolute Gasteiger partial charge is 0.223 e. The zero-order chi connectivity index (χ0) is 26.2. The molecule has 1 saturated heterocycles. The van der Waals surface area contributed by atoms with Gasteiger partial charge in [-0.05, 0) is 56.1 Å². The summed E-state index contributed by atoms with van der Waals surface area (Å²) in [4.78, 5) is 15.8. The van der Waals surface area contributed by atoms with Gasteiger partial charge >= 0.3 is 0 Å². The summed E-state index contributed by atoms with van der Waals surface area (Å²) < 4.78 is 0. The van der Waals surface area contributed by atoms with Crippen LogP contribution in [0.4, 0.5) is 0 Å². The minimum absolute atomic E-state index is 0.223. The number of allylic oxidation sites excluding steroid dienone is 1. The van der Waals surface area contributed by atoms with Gasteiger partial charge in [0.2, 0.25) is 5.91 Å². The summed E-state index contributed by atoms with van der Waals surface area (Å²) in [6.45, 7) is 4.69. The molecule has 0 unspecified atom stereocenters. The Balaban J connectivity index is 1.50. The molecule has 1 amide bonds. The molecule has 4 heteroatoms. The second kappa shape index (κ2) is 13.1. The third kappa shape index (κ3) is 6.32. The highest BCUT2D eigenvalue weighted by molar-refractivity contribution is 7.74. The van der Waals surface area contributed by atoms with Crippen LogP contribution in [0.5, 0.6) is 0 Å². The van der Waals surface area contributed by atoms with E-state index in [0.29, 0.717) is 12.1 Å². The molecule has 4 aromatic carbocycles. The van der Waals surface area contributed by atoms with Crippen LogP contribution in [-0.4, -0.2) is 35.2 Å². The van der Waals surface area contributed by atoms with E-state index in [0.717, 1.165) is 25.5 Å². The summed E-state index contributed by atoms with van der Waals surface area (Å²) in [7, 11) is -1.16. The van der Waals surface area contributed by atoms with Crippen molar-refractivity contribution in [2.75, 3.05) is 12.7 Å². The third-order valence-corrected chi connectivity index (χ3v) is 12.7. The molecule has 1 aliphatic rings. The first-order valence-electron chi connectivity index (χ1n) is 13.4. The minimum atomic E-state index is -0.583. The van der Waals surface area contributed by atoms with Crippen LogP contribution in [0.25, 0.3) is 0 Å². The molecule has 0 N–H and O–H groups in total. The molecule has 2 atom stereocenters. The lowest BCUT2D eigenvalue weighted by atomic mass is 10.2. The third-order valence-electron chi connectivity index (χ3n) is 7.24. The van der Waals surface area contributed by atoms with E-state index >= 15 is 0 Å². The van der Waals surface area contributed by atoms with Crippen molar-refractivity contribution < 1.29 is 4.79 Å². The van der Waals surface area contributed by atoms with Gasteiger partial charge in [0.05, 0.1) is 0 Å². The average molecular weight is 536 g/mol. The fraction of sp³-hybridized carbons (Fsp3) is 0.206. The first-order valence-corrected chi connectivity index (χ1v) is 16.4. The van der Waals surface area contributed by atoms with Crippen molar-refractivity contribution in [3.63, 3.8) is 0 Å². The van der Waals surface area contributed by atoms with Crippen molar-refractivity contribution in [3.05, 3.63) is 134 Å². The second-order valence-corrected chi connectivity index (χ2v) is 14.5. The summed E-state index contributed by atoms with van der Waals surface area (Å²) in [5.41, 5.74) is 0.427. The SMILES string of the molecule is C=CCCC(=O)N1C[C@@H](P(c2ccccc2)c2ccccc2)C[C@H]1CP(c1ccccc1)c1ccccc1. The summed E-state index contributed by atoms with van der Waals surface area (Å²) in [6.07, 6.45) is 5.16. The molecule has 0 saturated carbocycles. The lowest BCUT2D eigenvalue weighted by Crippen LogP contribution is -2.38. The number of nitrogens with zero attached hydrogens (tertiary/aromatic N) is 1. The minimum Gasteiger partial charge on any atom is -0.339 e. The van der Waals surface area contributed by atoms with Crippen molar-refractivity contribution in [2.45, 2.75) is 31.0 Å². The van der Waals surface area contributed by atoms with E-state index in [-0.39, 0.29) is 11.9 Å². The first-order chi connectivity index (χ1) is 18.7. The van der Waals surface area contributed by atoms with Crippen LogP contribution < -0.4 is 21.2 Å². The molecule has 0 radical (unpaired) electrons. The van der Waals surface area contributed by atoms with E-state index in [1.54, 1.807) is 0 Å². The summed E-state index contributed by atoms with van der Waals surface area (Å²) >= 11 is 0. The van der Waals surface area contributed by atoms with Crippen LogP contribution in [0, 0.1) is 0 Å². The van der Waals surface area contributed by atoms with Crippen molar-refractivity contribution in [1.29, 1.82) is 0 Å². The van der Waals surface area contributed by atoms with Gasteiger partial charge in [-0.15, -0.1) is 6.58 Å². The number of carbonyl (C=O) groups excluding carboxylic acids is 1. The number of likely N-dealkylation sites (tertiary alicyclic amines) is 1. The van der Waals surface area contributed by atoms with Gasteiger partial charge in [0.25, 0.3) is 0 Å². The molecule has 0 aromatic heterocycles. The molecule has 1 fully saturated rings. The van der Waals surface area contributed by atoms with E-state index in [2.05, 4.69) is 133 Å². The highest BCUT2D eigenvalue weighted by Gasteiger charge is 2.40. The highest BCUT2D eigenvalue weighted by Crippen LogP contribution is 2.48. The molecular weight excluding hydrogens is 500 g/mol. The van der Waals surface area contributed by atoms with Crippen molar-refractivity contribution in [3.8, 4) is 0 Å². The number of rotatable bonds is 10. The van der Waals surface area contributed by atoms with Crippen LogP contribution in [0.1, 0.15) is 19.3 Å². The molecule has 192 valence electrons. The Morgan fingerprint density at radius 1 is 0.737 bits per heavy atom. The molecule has 0 spiro atoms. The fourth-order valence-electron chi connectivity index (χ4n) is 5.46. The van der Waals surface area contributed by atoms with Gasteiger partial charge in [0.15, 0.2) is 0 Å². The number of amides is 1. The quantitative estimate of drug-likeness (QED) is 0.175. The van der Waals surface area contributed by atoms with Gasteiger partial charge in [-0.3, -0.25) is 4.79 Å². The van der Waals surface area contributed by atoms with Crippen LogP contribution in [0.3, 0.4) is 0 Å². The number of benzene rings is 4. The fourth-order valence-corrected chi connectivity index (χ4v) is 10.9. The summed E-state index contributed by atoms with van der Waals surface area (Å²) in [5.74, 6) is 0.268. The van der Waals surface area contributed by atoms with E-state index < -0.39 is 15.8 Å². The average Bonchev–Trinajstić information content (AvgIpc) is 3.40. The zero-order valence-corrected chi connectivity index (χ0v) is 23.6. The Morgan fingerprint density at radius 2 is 1.18 bits per heavy atom. The molecule has 0 bridgehead atoms. The van der Waals surface area contributed by atoms with Gasteiger partial charge in [-0.2, -0.15) is 0 Å². The maximum absolute atomic E-state index is 13.6. The largest absolute Gasteiger partial charge is 0.339 e. The molecule has 0 aliphatic carbocycles. The van der Waals surface area contributed by atoms with Crippen molar-refractivity contribution in [2.24, 2.45) is 0 Å². The number of hydrogen-bond acceptors (Lipinski definition) is 1. The Morgan fingerprint density at radius 3 is 1.63 bits per heavy atom. The molecule has 5 rings (SSSR count). The predicted molar refractivity (Wildman–Crippen MR) is 166 cm³/mol. The molecule has 1 heterocycles. The van der Waals surface area contributed by atoms with Gasteiger partial charge in [0, 0.05) is 24.7 Å². The standard InChI is InChI=1S/C34H35NOP2/c1-2-3-24-34(36)35-26-33(38(31-20-12-6-13-21-31)32-22-14-7-15-23-32)25-28(35)27-37(29-16-8-4-9-17-29)30-18-10-5-11-19-30/h2,4-23,28,33H,1,3,24-27H2/t28-,33-/m0/s1. The Labute approximate surface area is 229 Å².